The van der Waals surface area contributed by atoms with Gasteiger partial charge in [-0.3, -0.25) is 0 Å². The third kappa shape index (κ3) is 10.7. The van der Waals surface area contributed by atoms with E-state index in [2.05, 4.69) is 431 Å². The maximum Gasteiger partial charge on any atom is 0.0719 e. The molecule has 0 saturated carbocycles. The molecule has 0 bridgehead atoms. The zero-order valence-corrected chi connectivity index (χ0v) is 63.5. The highest BCUT2D eigenvalue weighted by Crippen LogP contribution is 2.48. The molecule has 0 aliphatic rings. The Morgan fingerprint density at radius 2 is 0.465 bits per heavy atom. The SMILES string of the molecule is c1ccc(-c2ccc(-n3c4ccc(-c5ccc6c(c5)c5ccccc5n6-c5cccc(-c6ccccc6)c5)cc4c4ccc5c6ccccc6sc5c43)cc2)cc1.c1ccc(-c2ccc(-n3c4ccc(-c5ccc6c(c5)c5ccccc5n6-c5cccc(-c6ccccc6)c5)cc4c4ccc5sc6ccccc6c5c43)cc2)cc1. The van der Waals surface area contributed by atoms with Crippen LogP contribution in [0.4, 0.5) is 0 Å². The molecule has 4 nitrogen and oxygen atoms in total. The Morgan fingerprint density at radius 1 is 0.149 bits per heavy atom. The standard InChI is InChI=1S/2C54H34N2S/c1-3-12-35(13-4-1)37-22-26-41(27-23-37)56-51-31-25-40(34-48(51)45-28-29-46-44-19-8-10-21-52(44)57-54(46)53(45)56)39-24-30-50-47(33-39)43-18-7-9-20-49(43)55(50)42-17-11-16-38(32-42)36-14-5-2-6-15-36;1-3-12-35(13-4-1)37-22-26-41(27-23-37)56-50-30-25-40(34-47(50)44-28-31-52-53(54(44)56)45-19-8-10-21-51(45)57-52)39-24-29-49-46(33-39)43-18-7-9-20-48(43)55(49)42-17-11-16-38(32-42)36-14-5-2-6-15-36/h2*1-34H. The number of thiophene rings is 2. The molecule has 6 heterocycles. The summed E-state index contributed by atoms with van der Waals surface area (Å²) in [7, 11) is 0. The molecule has 0 spiro atoms. The lowest BCUT2D eigenvalue weighted by Gasteiger charge is -2.11. The fourth-order valence-corrected chi connectivity index (χ4v) is 20.5. The molecule has 0 fully saturated rings. The van der Waals surface area contributed by atoms with Crippen molar-refractivity contribution < 1.29 is 0 Å². The Morgan fingerprint density at radius 3 is 0.939 bits per heavy atom. The van der Waals surface area contributed by atoms with E-state index in [0.29, 0.717) is 0 Å². The van der Waals surface area contributed by atoms with E-state index >= 15 is 0 Å². The first kappa shape index (κ1) is 65.5. The summed E-state index contributed by atoms with van der Waals surface area (Å²) >= 11 is 3.77. The number of nitrogens with zero attached hydrogens (tertiary/aromatic N) is 4. The quantitative estimate of drug-likeness (QED) is 0.130. The second-order valence-corrected chi connectivity index (χ2v) is 32.0. The first-order valence-corrected chi connectivity index (χ1v) is 40.6. The number of aromatic nitrogens is 4. The fourth-order valence-electron chi connectivity index (χ4n) is 18.1. The van der Waals surface area contributed by atoms with Crippen LogP contribution in [0.2, 0.25) is 0 Å². The van der Waals surface area contributed by atoms with Crippen LogP contribution in [0.25, 0.3) is 217 Å². The van der Waals surface area contributed by atoms with Crippen molar-refractivity contribution in [2.24, 2.45) is 0 Å². The van der Waals surface area contributed by atoms with Crippen molar-refractivity contribution in [1.29, 1.82) is 0 Å². The van der Waals surface area contributed by atoms with Gasteiger partial charge in [0.1, 0.15) is 0 Å². The second-order valence-electron chi connectivity index (χ2n) is 29.8. The number of fused-ring (bicyclic) bond motifs is 20. The van der Waals surface area contributed by atoms with Gasteiger partial charge in [0.15, 0.2) is 0 Å². The van der Waals surface area contributed by atoms with Crippen LogP contribution < -0.4 is 0 Å². The van der Waals surface area contributed by atoms with Gasteiger partial charge in [0.2, 0.25) is 0 Å². The molecule has 24 aromatic rings. The minimum Gasteiger partial charge on any atom is -0.309 e. The van der Waals surface area contributed by atoms with Crippen molar-refractivity contribution in [2.45, 2.75) is 0 Å². The molecule has 0 saturated heterocycles. The number of hydrogen-bond acceptors (Lipinski definition) is 2. The van der Waals surface area contributed by atoms with E-state index in [9.17, 15) is 0 Å². The third-order valence-electron chi connectivity index (χ3n) is 23.4. The lowest BCUT2D eigenvalue weighted by atomic mass is 10.00. The van der Waals surface area contributed by atoms with Gasteiger partial charge in [-0.1, -0.05) is 285 Å². The van der Waals surface area contributed by atoms with Gasteiger partial charge in [0.25, 0.3) is 0 Å². The van der Waals surface area contributed by atoms with Crippen molar-refractivity contribution in [3.63, 3.8) is 0 Å². The maximum atomic E-state index is 2.49. The van der Waals surface area contributed by atoms with Crippen LogP contribution >= 0.6 is 22.7 Å². The third-order valence-corrected chi connectivity index (χ3v) is 25.8. The minimum absolute atomic E-state index is 1.16. The highest BCUT2D eigenvalue weighted by Gasteiger charge is 2.24. The van der Waals surface area contributed by atoms with Crippen LogP contribution in [0.1, 0.15) is 0 Å². The molecular weight excluding hydrogens is 1420 g/mol. The van der Waals surface area contributed by atoms with Gasteiger partial charge < -0.3 is 18.3 Å². The van der Waals surface area contributed by atoms with Crippen molar-refractivity contribution in [2.75, 3.05) is 0 Å². The number of benzene rings is 18. The Bertz CT molecular complexity index is 7930. The van der Waals surface area contributed by atoms with E-state index in [-0.39, 0.29) is 0 Å². The second kappa shape index (κ2) is 26.7. The van der Waals surface area contributed by atoms with Crippen LogP contribution in [0.3, 0.4) is 0 Å². The maximum absolute atomic E-state index is 2.49. The molecule has 0 N–H and O–H groups in total. The Hall–Kier alpha value is -14.4. The molecule has 6 aromatic heterocycles. The van der Waals surface area contributed by atoms with Gasteiger partial charge in [0.05, 0.1) is 48.8 Å². The molecule has 114 heavy (non-hydrogen) atoms. The van der Waals surface area contributed by atoms with E-state index < -0.39 is 0 Å². The van der Waals surface area contributed by atoms with Crippen molar-refractivity contribution in [3.8, 4) is 89.5 Å². The molecule has 0 amide bonds. The molecule has 0 aliphatic heterocycles. The number of rotatable bonds is 10. The van der Waals surface area contributed by atoms with Crippen LogP contribution in [0.5, 0.6) is 0 Å². The topological polar surface area (TPSA) is 19.7 Å². The number of hydrogen-bond donors (Lipinski definition) is 0. The molecule has 0 aliphatic carbocycles. The molecule has 6 heteroatoms. The average molecular weight is 1490 g/mol. The van der Waals surface area contributed by atoms with Gasteiger partial charge in [-0.15, -0.1) is 22.7 Å². The molecule has 0 atom stereocenters. The lowest BCUT2D eigenvalue weighted by molar-refractivity contribution is 1.18. The predicted molar refractivity (Wildman–Crippen MR) is 489 cm³/mol. The first-order valence-electron chi connectivity index (χ1n) is 39.0. The highest BCUT2D eigenvalue weighted by atomic mass is 32.1. The fraction of sp³-hybridized carbons (Fsp3) is 0. The van der Waals surface area contributed by atoms with Crippen LogP contribution in [0.15, 0.2) is 413 Å². The van der Waals surface area contributed by atoms with Gasteiger partial charge >= 0.3 is 0 Å². The van der Waals surface area contributed by atoms with E-state index in [0.717, 1.165) is 22.7 Å². The van der Waals surface area contributed by atoms with Crippen molar-refractivity contribution in [1.82, 2.24) is 18.3 Å². The zero-order chi connectivity index (χ0) is 74.9. The summed E-state index contributed by atoms with van der Waals surface area (Å²) in [5.74, 6) is 0. The molecule has 532 valence electrons. The zero-order valence-electron chi connectivity index (χ0n) is 61.9. The van der Waals surface area contributed by atoms with Crippen LogP contribution in [-0.4, -0.2) is 18.3 Å². The molecule has 0 radical (unpaired) electrons. The minimum atomic E-state index is 1.16. The predicted octanol–water partition coefficient (Wildman–Crippen LogP) is 30.5. The summed E-state index contributed by atoms with van der Waals surface area (Å²) in [4.78, 5) is 0. The summed E-state index contributed by atoms with van der Waals surface area (Å²) in [5.41, 5.74) is 29.0. The Balaban J connectivity index is 0.000000135. The first-order chi connectivity index (χ1) is 56.5. The van der Waals surface area contributed by atoms with Crippen LogP contribution in [-0.2, 0) is 0 Å². The van der Waals surface area contributed by atoms with E-state index in [1.54, 1.807) is 0 Å². The molecular formula is C108H68N4S2. The summed E-state index contributed by atoms with van der Waals surface area (Å²) in [5, 5.41) is 15.3. The van der Waals surface area contributed by atoms with Gasteiger partial charge in [-0.2, -0.15) is 0 Å². The lowest BCUT2D eigenvalue weighted by Crippen LogP contribution is -1.94. The highest BCUT2D eigenvalue weighted by molar-refractivity contribution is 7.27. The smallest absolute Gasteiger partial charge is 0.0719 e. The molecule has 18 aromatic carbocycles. The molecule has 0 unspecified atom stereocenters. The van der Waals surface area contributed by atoms with Gasteiger partial charge in [-0.25, -0.2) is 0 Å². The molecule has 24 rings (SSSR count). The van der Waals surface area contributed by atoms with Crippen molar-refractivity contribution >= 4 is 150 Å². The van der Waals surface area contributed by atoms with Gasteiger partial charge in [-0.05, 0) is 194 Å². The van der Waals surface area contributed by atoms with E-state index in [4.69, 9.17) is 0 Å². The van der Waals surface area contributed by atoms with E-state index in [1.165, 1.54) is 194 Å². The largest absolute Gasteiger partial charge is 0.309 e. The monoisotopic (exact) mass is 1480 g/mol. The summed E-state index contributed by atoms with van der Waals surface area (Å²) < 4.78 is 15.1. The Kier molecular flexibility index (Phi) is 15.3. The summed E-state index contributed by atoms with van der Waals surface area (Å²) in [6, 6.07) is 151. The average Bonchev–Trinajstić information content (AvgIpc) is 1.56. The van der Waals surface area contributed by atoms with Gasteiger partial charge in [0, 0.05) is 101 Å². The van der Waals surface area contributed by atoms with E-state index in [1.807, 2.05) is 22.7 Å². The normalized spacial score (nSPS) is 11.9. The van der Waals surface area contributed by atoms with Crippen molar-refractivity contribution in [3.05, 3.63) is 413 Å². The summed E-state index contributed by atoms with van der Waals surface area (Å²) in [6.45, 7) is 0. The summed E-state index contributed by atoms with van der Waals surface area (Å²) in [6.07, 6.45) is 0. The number of para-hydroxylation sites is 2. The Labute approximate surface area is 665 Å². The van der Waals surface area contributed by atoms with Crippen LogP contribution in [0, 0.1) is 0 Å².